The first-order valence-electron chi connectivity index (χ1n) is 10.3. The maximum atomic E-state index is 6.06. The molecule has 1 fully saturated rings. The van der Waals surface area contributed by atoms with Gasteiger partial charge in [0.2, 0.25) is 0 Å². The topological polar surface area (TPSA) is 55.4 Å². The summed E-state index contributed by atoms with van der Waals surface area (Å²) in [5.41, 5.74) is 3.04. The zero-order valence-electron chi connectivity index (χ0n) is 17.3. The van der Waals surface area contributed by atoms with Crippen molar-refractivity contribution in [3.8, 4) is 0 Å². The van der Waals surface area contributed by atoms with Crippen molar-refractivity contribution < 1.29 is 28.4 Å². The molecule has 1 aromatic rings. The van der Waals surface area contributed by atoms with Gasteiger partial charge in [-0.2, -0.15) is 0 Å². The van der Waals surface area contributed by atoms with E-state index in [-0.39, 0.29) is 24.4 Å². The molecule has 3 aliphatic rings. The molecule has 160 valence electrons. The molecule has 4 unspecified atom stereocenters. The molecule has 1 saturated heterocycles. The molecule has 4 atom stereocenters. The molecule has 0 saturated carbocycles. The maximum absolute atomic E-state index is 6.06. The molecule has 6 nitrogen and oxygen atoms in total. The lowest BCUT2D eigenvalue weighted by molar-refractivity contribution is -0.0443. The SMILES string of the molecule is C=C1OC(C)CCC(CC2OC(=C)OCc3c(C4C=CCOC(=C)O4)cccc32)O1. The first kappa shape index (κ1) is 20.3. The van der Waals surface area contributed by atoms with Gasteiger partial charge in [0.05, 0.1) is 6.10 Å². The average molecular weight is 412 g/mol. The molecule has 0 N–H and O–H groups in total. The molecule has 0 bridgehead atoms. The highest BCUT2D eigenvalue weighted by atomic mass is 16.7. The monoisotopic (exact) mass is 412 g/mol. The van der Waals surface area contributed by atoms with E-state index < -0.39 is 0 Å². The summed E-state index contributed by atoms with van der Waals surface area (Å²) in [6.45, 7) is 14.4. The van der Waals surface area contributed by atoms with E-state index in [4.69, 9.17) is 28.4 Å². The summed E-state index contributed by atoms with van der Waals surface area (Å²) in [6, 6.07) is 6.09. The number of hydrogen-bond donors (Lipinski definition) is 0. The van der Waals surface area contributed by atoms with E-state index >= 15 is 0 Å². The van der Waals surface area contributed by atoms with E-state index in [9.17, 15) is 0 Å². The molecule has 3 aliphatic heterocycles. The third kappa shape index (κ3) is 4.58. The van der Waals surface area contributed by atoms with E-state index in [1.54, 1.807) is 0 Å². The highest BCUT2D eigenvalue weighted by Crippen LogP contribution is 2.39. The molecular formula is C24H28O6. The summed E-state index contributed by atoms with van der Waals surface area (Å²) in [7, 11) is 0. The summed E-state index contributed by atoms with van der Waals surface area (Å²) < 4.78 is 34.6. The fourth-order valence-electron chi connectivity index (χ4n) is 4.03. The highest BCUT2D eigenvalue weighted by Gasteiger charge is 2.31. The third-order valence-corrected chi connectivity index (χ3v) is 5.47. The standard InChI is InChI=1S/C24H28O6/c1-15-10-11-19(28-18(4)27-15)13-24-21-8-5-7-20(22(21)14-26-17(3)30-24)23-9-6-12-25-16(2)29-23/h5-9,15,19,23-24H,2-4,10-14H2,1H3. The van der Waals surface area contributed by atoms with Gasteiger partial charge in [-0.15, -0.1) is 0 Å². The molecule has 0 radical (unpaired) electrons. The molecule has 0 spiro atoms. The lowest BCUT2D eigenvalue weighted by Crippen LogP contribution is -2.18. The molecule has 30 heavy (non-hydrogen) atoms. The van der Waals surface area contributed by atoms with Crippen molar-refractivity contribution in [3.05, 3.63) is 84.6 Å². The number of fused-ring (bicyclic) bond motifs is 1. The van der Waals surface area contributed by atoms with Crippen LogP contribution >= 0.6 is 0 Å². The van der Waals surface area contributed by atoms with Crippen LogP contribution in [0.3, 0.4) is 0 Å². The lowest BCUT2D eigenvalue weighted by Gasteiger charge is -2.25. The molecule has 0 amide bonds. The van der Waals surface area contributed by atoms with Gasteiger partial charge < -0.3 is 28.4 Å². The van der Waals surface area contributed by atoms with Crippen LogP contribution in [0.4, 0.5) is 0 Å². The highest BCUT2D eigenvalue weighted by molar-refractivity contribution is 5.40. The largest absolute Gasteiger partial charge is 0.463 e. The van der Waals surface area contributed by atoms with Gasteiger partial charge in [-0.3, -0.25) is 0 Å². The molecular weight excluding hydrogens is 384 g/mol. The lowest BCUT2D eigenvalue weighted by atomic mass is 9.91. The summed E-state index contributed by atoms with van der Waals surface area (Å²) in [5.74, 6) is 0.955. The van der Waals surface area contributed by atoms with Crippen LogP contribution in [0, 0.1) is 0 Å². The van der Waals surface area contributed by atoms with Crippen molar-refractivity contribution in [2.75, 3.05) is 6.61 Å². The Morgan fingerprint density at radius 3 is 2.57 bits per heavy atom. The average Bonchev–Trinajstić information content (AvgIpc) is 3.09. The van der Waals surface area contributed by atoms with E-state index in [2.05, 4.69) is 25.8 Å². The van der Waals surface area contributed by atoms with Gasteiger partial charge >= 0.3 is 0 Å². The normalized spacial score (nSPS) is 28.8. The second-order valence-electron chi connectivity index (χ2n) is 7.69. The first-order valence-corrected chi connectivity index (χ1v) is 10.3. The van der Waals surface area contributed by atoms with Gasteiger partial charge in [0.1, 0.15) is 31.5 Å². The van der Waals surface area contributed by atoms with Crippen molar-refractivity contribution in [1.29, 1.82) is 0 Å². The van der Waals surface area contributed by atoms with Crippen LogP contribution in [-0.4, -0.2) is 18.8 Å². The van der Waals surface area contributed by atoms with E-state index in [0.717, 1.165) is 29.5 Å². The minimum Gasteiger partial charge on any atom is -0.463 e. The van der Waals surface area contributed by atoms with Crippen molar-refractivity contribution in [3.63, 3.8) is 0 Å². The zero-order chi connectivity index (χ0) is 21.1. The van der Waals surface area contributed by atoms with Crippen molar-refractivity contribution in [2.45, 2.75) is 57.2 Å². The third-order valence-electron chi connectivity index (χ3n) is 5.47. The van der Waals surface area contributed by atoms with E-state index in [0.29, 0.717) is 37.5 Å². The second-order valence-corrected chi connectivity index (χ2v) is 7.69. The molecule has 4 rings (SSSR count). The van der Waals surface area contributed by atoms with Crippen LogP contribution in [0.1, 0.15) is 55.1 Å². The Kier molecular flexibility index (Phi) is 5.93. The van der Waals surface area contributed by atoms with Gasteiger partial charge in [0.25, 0.3) is 17.8 Å². The minimum atomic E-state index is -0.311. The number of hydrogen-bond acceptors (Lipinski definition) is 6. The van der Waals surface area contributed by atoms with E-state index in [1.807, 2.05) is 31.2 Å². The molecule has 0 aromatic heterocycles. The van der Waals surface area contributed by atoms with Gasteiger partial charge in [0, 0.05) is 17.5 Å². The molecule has 3 heterocycles. The summed E-state index contributed by atoms with van der Waals surface area (Å²) in [6.07, 6.45) is 5.72. The fourth-order valence-corrected chi connectivity index (χ4v) is 4.03. The number of ether oxygens (including phenoxy) is 6. The predicted octanol–water partition coefficient (Wildman–Crippen LogP) is 5.31. The van der Waals surface area contributed by atoms with Crippen LogP contribution < -0.4 is 0 Å². The molecule has 1 aromatic carbocycles. The van der Waals surface area contributed by atoms with Crippen LogP contribution in [-0.2, 0) is 35.0 Å². The Balaban J connectivity index is 1.63. The van der Waals surface area contributed by atoms with Crippen molar-refractivity contribution in [2.24, 2.45) is 0 Å². The number of rotatable bonds is 3. The summed E-state index contributed by atoms with van der Waals surface area (Å²) in [5, 5.41) is 0. The first-order chi connectivity index (χ1) is 14.5. The quantitative estimate of drug-likeness (QED) is 0.628. The summed E-state index contributed by atoms with van der Waals surface area (Å²) >= 11 is 0. The Morgan fingerprint density at radius 2 is 1.70 bits per heavy atom. The zero-order valence-corrected chi connectivity index (χ0v) is 17.3. The molecule has 0 aliphatic carbocycles. The number of benzene rings is 1. The van der Waals surface area contributed by atoms with Gasteiger partial charge in [0.15, 0.2) is 0 Å². The van der Waals surface area contributed by atoms with E-state index in [1.165, 1.54) is 0 Å². The Hall–Kier alpha value is -3.02. The minimum absolute atomic E-state index is 0.0722. The van der Waals surface area contributed by atoms with Crippen molar-refractivity contribution in [1.82, 2.24) is 0 Å². The fraction of sp³-hybridized carbons (Fsp3) is 0.417. The second kappa shape index (κ2) is 8.78. The van der Waals surface area contributed by atoms with Crippen LogP contribution in [0.5, 0.6) is 0 Å². The Morgan fingerprint density at radius 1 is 0.900 bits per heavy atom. The Labute approximate surface area is 177 Å². The van der Waals surface area contributed by atoms with Crippen LogP contribution in [0.25, 0.3) is 0 Å². The van der Waals surface area contributed by atoms with Crippen molar-refractivity contribution >= 4 is 0 Å². The van der Waals surface area contributed by atoms with Crippen LogP contribution in [0.2, 0.25) is 0 Å². The maximum Gasteiger partial charge on any atom is 0.272 e. The van der Waals surface area contributed by atoms with Gasteiger partial charge in [-0.05, 0) is 57.2 Å². The predicted molar refractivity (Wildman–Crippen MR) is 111 cm³/mol. The Bertz CT molecular complexity index is 857. The van der Waals surface area contributed by atoms with Gasteiger partial charge in [-0.1, -0.05) is 18.2 Å². The van der Waals surface area contributed by atoms with Crippen LogP contribution in [0.15, 0.2) is 67.9 Å². The smallest absolute Gasteiger partial charge is 0.272 e. The van der Waals surface area contributed by atoms with Gasteiger partial charge in [-0.25, -0.2) is 0 Å². The summed E-state index contributed by atoms with van der Waals surface area (Å²) in [4.78, 5) is 0. The molecule has 6 heteroatoms.